The van der Waals surface area contributed by atoms with Crippen LogP contribution in [0.2, 0.25) is 0 Å². The normalized spacial score (nSPS) is 43.7. The fourth-order valence-electron chi connectivity index (χ4n) is 4.87. The quantitative estimate of drug-likeness (QED) is 0.469. The van der Waals surface area contributed by atoms with Gasteiger partial charge in [0.15, 0.2) is 0 Å². The Kier molecular flexibility index (Phi) is 9.77. The van der Waals surface area contributed by atoms with E-state index in [2.05, 4.69) is 5.16 Å². The second-order valence-electron chi connectivity index (χ2n) is 9.78. The summed E-state index contributed by atoms with van der Waals surface area (Å²) in [7, 11) is 0. The first-order chi connectivity index (χ1) is 13.8. The topological polar surface area (TPSA) is 109 Å². The van der Waals surface area contributed by atoms with Crippen molar-refractivity contribution >= 4 is 11.7 Å². The van der Waals surface area contributed by atoms with Crippen LogP contribution in [0.15, 0.2) is 5.16 Å². The summed E-state index contributed by atoms with van der Waals surface area (Å²) in [4.78, 5) is 18.0. The van der Waals surface area contributed by atoms with Gasteiger partial charge in [0.05, 0.1) is 23.3 Å². The molecule has 1 rings (SSSR count). The Morgan fingerprint density at radius 2 is 1.70 bits per heavy atom. The molecule has 30 heavy (non-hydrogen) atoms. The highest BCUT2D eigenvalue weighted by Gasteiger charge is 2.46. The minimum Gasteiger partial charge on any atom is -0.459 e. The minimum absolute atomic E-state index is 0.105. The van der Waals surface area contributed by atoms with Gasteiger partial charge in [0, 0.05) is 11.8 Å². The second-order valence-corrected chi connectivity index (χ2v) is 9.78. The fraction of sp³-hybridized carbons (Fsp3) is 0.913. The predicted octanol–water partition coefficient (Wildman–Crippen LogP) is 3.29. The number of hydrogen-bond donors (Lipinski definition) is 3. The standard InChI is InChI=1S/C23H43NO6/c1-9-18-23(8,28)20(25)17(6)19(24-29-10-2)16(5)13-22(7,27)12-14(3)11-15(4)21(26)30-18/h14-18,20,25,27-28H,9-13H2,1-8H3/b24-19+/t14-,15+,16+,17-,18+,20+,22-,23+/m0/s1. The highest BCUT2D eigenvalue weighted by Crippen LogP contribution is 2.34. The lowest BCUT2D eigenvalue weighted by molar-refractivity contribution is -0.186. The van der Waals surface area contributed by atoms with Gasteiger partial charge in [-0.3, -0.25) is 4.79 Å². The highest BCUT2D eigenvalue weighted by molar-refractivity contribution is 5.88. The number of esters is 1. The molecule has 0 bridgehead atoms. The molecule has 1 heterocycles. The average Bonchev–Trinajstić information content (AvgIpc) is 2.63. The van der Waals surface area contributed by atoms with Gasteiger partial charge in [-0.1, -0.05) is 39.8 Å². The molecule has 0 amide bonds. The number of cyclic esters (lactones) is 1. The molecule has 1 aliphatic heterocycles. The number of carbonyl (C=O) groups is 1. The van der Waals surface area contributed by atoms with E-state index in [1.165, 1.54) is 6.92 Å². The first-order valence-electron chi connectivity index (χ1n) is 11.3. The van der Waals surface area contributed by atoms with Crippen LogP contribution in [-0.2, 0) is 14.4 Å². The second kappa shape index (κ2) is 10.9. The van der Waals surface area contributed by atoms with Crippen molar-refractivity contribution in [1.29, 1.82) is 0 Å². The molecule has 7 nitrogen and oxygen atoms in total. The Morgan fingerprint density at radius 1 is 1.10 bits per heavy atom. The Hall–Kier alpha value is -1.18. The van der Waals surface area contributed by atoms with Crippen molar-refractivity contribution in [2.75, 3.05) is 6.61 Å². The zero-order valence-corrected chi connectivity index (χ0v) is 20.0. The van der Waals surface area contributed by atoms with Gasteiger partial charge in [-0.15, -0.1) is 0 Å². The lowest BCUT2D eigenvalue weighted by Crippen LogP contribution is -2.55. The molecule has 1 saturated heterocycles. The van der Waals surface area contributed by atoms with Crippen LogP contribution >= 0.6 is 0 Å². The maximum Gasteiger partial charge on any atom is 0.309 e. The van der Waals surface area contributed by atoms with Crippen molar-refractivity contribution < 1.29 is 29.7 Å². The Bertz CT molecular complexity index is 588. The number of ether oxygens (including phenoxy) is 1. The van der Waals surface area contributed by atoms with Gasteiger partial charge in [-0.25, -0.2) is 0 Å². The van der Waals surface area contributed by atoms with E-state index in [4.69, 9.17) is 9.57 Å². The molecule has 1 fully saturated rings. The lowest BCUT2D eigenvalue weighted by Gasteiger charge is -2.40. The van der Waals surface area contributed by atoms with Crippen LogP contribution in [0.25, 0.3) is 0 Å². The average molecular weight is 430 g/mol. The van der Waals surface area contributed by atoms with Crippen molar-refractivity contribution in [1.82, 2.24) is 0 Å². The van der Waals surface area contributed by atoms with E-state index >= 15 is 0 Å². The van der Waals surface area contributed by atoms with E-state index in [1.54, 1.807) is 20.8 Å². The van der Waals surface area contributed by atoms with Crippen molar-refractivity contribution in [2.45, 2.75) is 104 Å². The van der Waals surface area contributed by atoms with Gasteiger partial charge in [0.2, 0.25) is 0 Å². The van der Waals surface area contributed by atoms with E-state index in [-0.39, 0.29) is 17.8 Å². The van der Waals surface area contributed by atoms with Gasteiger partial charge >= 0.3 is 5.97 Å². The molecule has 8 atom stereocenters. The van der Waals surface area contributed by atoms with E-state index in [0.717, 1.165) is 0 Å². The molecule has 0 saturated carbocycles. The number of rotatable bonds is 3. The molecule has 176 valence electrons. The van der Waals surface area contributed by atoms with Gasteiger partial charge in [0.25, 0.3) is 0 Å². The summed E-state index contributed by atoms with van der Waals surface area (Å²) in [6.07, 6.45) is -0.191. The fourth-order valence-corrected chi connectivity index (χ4v) is 4.87. The predicted molar refractivity (Wildman–Crippen MR) is 117 cm³/mol. The Morgan fingerprint density at radius 3 is 2.23 bits per heavy atom. The third kappa shape index (κ3) is 6.92. The van der Waals surface area contributed by atoms with Gasteiger partial charge in [0.1, 0.15) is 18.3 Å². The molecule has 0 aromatic heterocycles. The van der Waals surface area contributed by atoms with Crippen LogP contribution in [0.3, 0.4) is 0 Å². The zero-order valence-electron chi connectivity index (χ0n) is 20.0. The van der Waals surface area contributed by atoms with Crippen molar-refractivity contribution in [3.8, 4) is 0 Å². The number of carbonyl (C=O) groups excluding carboxylic acids is 1. The molecule has 1 aliphatic rings. The van der Waals surface area contributed by atoms with Crippen LogP contribution in [0.1, 0.15) is 81.1 Å². The van der Waals surface area contributed by atoms with Crippen LogP contribution in [0.5, 0.6) is 0 Å². The summed E-state index contributed by atoms with van der Waals surface area (Å²) < 4.78 is 5.65. The summed E-state index contributed by atoms with van der Waals surface area (Å²) in [5, 5.41) is 37.6. The minimum atomic E-state index is -1.67. The summed E-state index contributed by atoms with van der Waals surface area (Å²) in [5.74, 6) is -1.41. The van der Waals surface area contributed by atoms with Crippen molar-refractivity contribution in [3.05, 3.63) is 0 Å². The van der Waals surface area contributed by atoms with Crippen molar-refractivity contribution in [2.24, 2.45) is 28.8 Å². The molecular weight excluding hydrogens is 386 g/mol. The summed E-state index contributed by atoms with van der Waals surface area (Å²) >= 11 is 0. The molecule has 7 heteroatoms. The van der Waals surface area contributed by atoms with Gasteiger partial charge < -0.3 is 24.9 Å². The molecular formula is C23H43NO6. The Balaban J connectivity index is 3.41. The first-order valence-corrected chi connectivity index (χ1v) is 11.3. The van der Waals surface area contributed by atoms with E-state index in [9.17, 15) is 20.1 Å². The number of aliphatic hydroxyl groups is 3. The molecule has 0 unspecified atom stereocenters. The number of hydrogen-bond acceptors (Lipinski definition) is 7. The van der Waals surface area contributed by atoms with E-state index < -0.39 is 35.3 Å². The Labute approximate surface area is 181 Å². The highest BCUT2D eigenvalue weighted by atomic mass is 16.6. The van der Waals surface area contributed by atoms with E-state index in [1.807, 2.05) is 27.7 Å². The van der Waals surface area contributed by atoms with Crippen LogP contribution in [-0.4, -0.2) is 57.0 Å². The van der Waals surface area contributed by atoms with Gasteiger partial charge in [-0.2, -0.15) is 0 Å². The summed E-state index contributed by atoms with van der Waals surface area (Å²) in [6.45, 7) is 14.8. The third-order valence-electron chi connectivity index (χ3n) is 6.32. The summed E-state index contributed by atoms with van der Waals surface area (Å²) in [5.41, 5.74) is -2.07. The first kappa shape index (κ1) is 26.9. The molecule has 0 radical (unpaired) electrons. The number of oxime groups is 1. The molecule has 3 N–H and O–H groups in total. The summed E-state index contributed by atoms with van der Waals surface area (Å²) in [6, 6.07) is 0. The van der Waals surface area contributed by atoms with Crippen molar-refractivity contribution in [3.63, 3.8) is 0 Å². The molecule has 0 aliphatic carbocycles. The molecule has 0 aromatic carbocycles. The number of nitrogens with zero attached hydrogens (tertiary/aromatic N) is 1. The SMILES string of the molecule is CCO/N=C1\[C@H](C)C[C@@](C)(O)C[C@@H](C)C[C@@H](C)C(=O)O[C@H](CC)[C@@](C)(O)[C@H](O)[C@H]1C. The lowest BCUT2D eigenvalue weighted by atomic mass is 9.75. The smallest absolute Gasteiger partial charge is 0.309 e. The van der Waals surface area contributed by atoms with Crippen LogP contribution in [0, 0.1) is 23.7 Å². The monoisotopic (exact) mass is 429 g/mol. The maximum absolute atomic E-state index is 12.7. The largest absolute Gasteiger partial charge is 0.459 e. The third-order valence-corrected chi connectivity index (χ3v) is 6.32. The number of aliphatic hydroxyl groups excluding tert-OH is 1. The molecule has 0 aromatic rings. The van der Waals surface area contributed by atoms with Crippen LogP contribution < -0.4 is 0 Å². The van der Waals surface area contributed by atoms with E-state index in [0.29, 0.717) is 38.0 Å². The molecule has 0 spiro atoms. The van der Waals surface area contributed by atoms with Crippen LogP contribution in [0.4, 0.5) is 0 Å². The maximum atomic E-state index is 12.7. The van der Waals surface area contributed by atoms with Gasteiger partial charge in [-0.05, 0) is 52.4 Å². The zero-order chi connectivity index (χ0) is 23.3.